The third-order valence-electron chi connectivity index (χ3n) is 2.68. The van der Waals surface area contributed by atoms with Crippen LogP contribution < -0.4 is 5.76 Å². The van der Waals surface area contributed by atoms with Crippen molar-refractivity contribution in [3.63, 3.8) is 0 Å². The summed E-state index contributed by atoms with van der Waals surface area (Å²) in [4.78, 5) is 10.5. The predicted octanol–water partition coefficient (Wildman–Crippen LogP) is 3.71. The molecule has 0 radical (unpaired) electrons. The molecule has 0 aliphatic rings. The molecule has 0 spiro atoms. The molecule has 18 heavy (non-hydrogen) atoms. The van der Waals surface area contributed by atoms with E-state index in [-0.39, 0.29) is 0 Å². The van der Waals surface area contributed by atoms with Crippen molar-refractivity contribution in [1.29, 1.82) is 0 Å². The summed E-state index contributed by atoms with van der Waals surface area (Å²) in [6.07, 6.45) is -1.71. The van der Waals surface area contributed by atoms with Gasteiger partial charge >= 0.3 is 5.76 Å². The molecule has 1 unspecified atom stereocenters. The molecule has 1 heterocycles. The number of benzene rings is 1. The SMILES string of the molecule is CCCn1c(=O)oc2cc(C(Br)C(F)F)ccc21. The highest BCUT2D eigenvalue weighted by Gasteiger charge is 2.20. The minimum atomic E-state index is -2.51. The lowest BCUT2D eigenvalue weighted by Gasteiger charge is -2.08. The maximum absolute atomic E-state index is 12.6. The molecule has 0 saturated carbocycles. The summed E-state index contributed by atoms with van der Waals surface area (Å²) < 4.78 is 31.7. The van der Waals surface area contributed by atoms with E-state index in [9.17, 15) is 13.6 Å². The Labute approximate surface area is 111 Å². The fourth-order valence-electron chi connectivity index (χ4n) is 1.84. The van der Waals surface area contributed by atoms with Gasteiger partial charge in [-0.25, -0.2) is 13.6 Å². The van der Waals surface area contributed by atoms with E-state index in [4.69, 9.17) is 4.42 Å². The first-order valence-corrected chi connectivity index (χ1v) is 6.51. The third-order valence-corrected chi connectivity index (χ3v) is 3.61. The Balaban J connectivity index is 2.51. The summed E-state index contributed by atoms with van der Waals surface area (Å²) in [5.74, 6) is -0.452. The molecule has 98 valence electrons. The first-order chi connectivity index (χ1) is 8.54. The topological polar surface area (TPSA) is 35.1 Å². The van der Waals surface area contributed by atoms with Gasteiger partial charge in [-0.3, -0.25) is 4.57 Å². The van der Waals surface area contributed by atoms with E-state index in [0.717, 1.165) is 6.42 Å². The summed E-state index contributed by atoms with van der Waals surface area (Å²) in [5, 5.41) is 0. The maximum Gasteiger partial charge on any atom is 0.419 e. The van der Waals surface area contributed by atoms with Crippen LogP contribution in [0.15, 0.2) is 27.4 Å². The monoisotopic (exact) mass is 319 g/mol. The summed E-state index contributed by atoms with van der Waals surface area (Å²) >= 11 is 2.92. The van der Waals surface area contributed by atoms with Crippen molar-refractivity contribution in [2.24, 2.45) is 0 Å². The Morgan fingerprint density at radius 2 is 2.17 bits per heavy atom. The highest BCUT2D eigenvalue weighted by atomic mass is 79.9. The second-order valence-corrected chi connectivity index (χ2v) is 4.97. The molecule has 2 aromatic rings. The van der Waals surface area contributed by atoms with Crippen LogP contribution in [-0.4, -0.2) is 11.0 Å². The third kappa shape index (κ3) is 2.34. The van der Waals surface area contributed by atoms with Gasteiger partial charge in [-0.05, 0) is 24.1 Å². The molecule has 0 aliphatic carbocycles. The van der Waals surface area contributed by atoms with Crippen molar-refractivity contribution in [3.05, 3.63) is 34.3 Å². The predicted molar refractivity (Wildman–Crippen MR) is 68.4 cm³/mol. The van der Waals surface area contributed by atoms with Crippen LogP contribution in [0.2, 0.25) is 0 Å². The van der Waals surface area contributed by atoms with E-state index >= 15 is 0 Å². The van der Waals surface area contributed by atoms with Gasteiger partial charge in [-0.1, -0.05) is 28.9 Å². The van der Waals surface area contributed by atoms with Crippen LogP contribution in [0.1, 0.15) is 23.7 Å². The zero-order valence-electron chi connectivity index (χ0n) is 9.70. The van der Waals surface area contributed by atoms with Gasteiger partial charge < -0.3 is 4.42 Å². The Hall–Kier alpha value is -1.17. The summed E-state index contributed by atoms with van der Waals surface area (Å²) in [6.45, 7) is 2.50. The zero-order valence-corrected chi connectivity index (χ0v) is 11.3. The van der Waals surface area contributed by atoms with Crippen LogP contribution in [0.5, 0.6) is 0 Å². The van der Waals surface area contributed by atoms with Crippen LogP contribution in [0.25, 0.3) is 11.1 Å². The second-order valence-electron chi connectivity index (χ2n) is 3.98. The zero-order chi connectivity index (χ0) is 13.3. The number of nitrogens with zero attached hydrogens (tertiary/aromatic N) is 1. The van der Waals surface area contributed by atoms with Crippen LogP contribution in [-0.2, 0) is 6.54 Å². The van der Waals surface area contributed by atoms with Crippen molar-refractivity contribution in [2.45, 2.75) is 31.1 Å². The maximum atomic E-state index is 12.6. The van der Waals surface area contributed by atoms with E-state index in [2.05, 4.69) is 15.9 Å². The number of rotatable bonds is 4. The standard InChI is InChI=1S/C12H12BrF2NO2/c1-2-5-16-8-4-3-7(10(13)11(14)15)6-9(8)18-12(16)17/h3-4,6,10-11H,2,5H2,1H3. The van der Waals surface area contributed by atoms with Gasteiger partial charge in [0.25, 0.3) is 6.43 Å². The molecule has 2 rings (SSSR count). The van der Waals surface area contributed by atoms with Crippen molar-refractivity contribution in [3.8, 4) is 0 Å². The molecule has 0 bridgehead atoms. The highest BCUT2D eigenvalue weighted by Crippen LogP contribution is 2.31. The van der Waals surface area contributed by atoms with Crippen LogP contribution in [0.3, 0.4) is 0 Å². The Morgan fingerprint density at radius 1 is 1.44 bits per heavy atom. The molecule has 6 heteroatoms. The normalized spacial score (nSPS) is 13.4. The van der Waals surface area contributed by atoms with Gasteiger partial charge in [0.1, 0.15) is 4.83 Å². The molecular weight excluding hydrogens is 308 g/mol. The van der Waals surface area contributed by atoms with E-state index in [1.807, 2.05) is 6.92 Å². The van der Waals surface area contributed by atoms with Crippen molar-refractivity contribution >= 4 is 27.0 Å². The lowest BCUT2D eigenvalue weighted by atomic mass is 10.1. The fourth-order valence-corrected chi connectivity index (χ4v) is 2.12. The molecule has 0 amide bonds. The number of fused-ring (bicyclic) bond motifs is 1. The van der Waals surface area contributed by atoms with Gasteiger partial charge in [0, 0.05) is 6.54 Å². The molecule has 1 atom stereocenters. The van der Waals surface area contributed by atoms with Gasteiger partial charge in [-0.15, -0.1) is 0 Å². The minimum absolute atomic E-state index is 0.344. The Kier molecular flexibility index (Phi) is 3.85. The van der Waals surface area contributed by atoms with Crippen LogP contribution in [0.4, 0.5) is 8.78 Å². The van der Waals surface area contributed by atoms with Gasteiger partial charge in [-0.2, -0.15) is 0 Å². The number of aryl methyl sites for hydroxylation is 1. The number of alkyl halides is 3. The fraction of sp³-hybridized carbons (Fsp3) is 0.417. The Bertz CT molecular complexity index is 606. The van der Waals surface area contributed by atoms with Crippen molar-refractivity contribution in [2.75, 3.05) is 0 Å². The molecule has 0 aliphatic heterocycles. The number of halogens is 3. The average Bonchev–Trinajstić information content (AvgIpc) is 2.64. The molecule has 1 aromatic carbocycles. The lowest BCUT2D eigenvalue weighted by Crippen LogP contribution is -2.13. The van der Waals surface area contributed by atoms with Gasteiger partial charge in [0.15, 0.2) is 5.58 Å². The smallest absolute Gasteiger partial charge is 0.408 e. The van der Waals surface area contributed by atoms with E-state index in [1.54, 1.807) is 12.1 Å². The number of aromatic nitrogens is 1. The summed E-state index contributed by atoms with van der Waals surface area (Å²) in [5.41, 5.74) is 1.38. The first-order valence-electron chi connectivity index (χ1n) is 5.60. The first kappa shape index (κ1) is 13.3. The average molecular weight is 320 g/mol. The quantitative estimate of drug-likeness (QED) is 0.805. The van der Waals surface area contributed by atoms with E-state index in [0.29, 0.717) is 23.2 Å². The molecule has 3 nitrogen and oxygen atoms in total. The molecule has 0 N–H and O–H groups in total. The van der Waals surface area contributed by atoms with Gasteiger partial charge in [0.2, 0.25) is 0 Å². The van der Waals surface area contributed by atoms with Crippen LogP contribution >= 0.6 is 15.9 Å². The van der Waals surface area contributed by atoms with Gasteiger partial charge in [0.05, 0.1) is 5.52 Å². The Morgan fingerprint density at radius 3 is 2.78 bits per heavy atom. The van der Waals surface area contributed by atoms with Crippen LogP contribution in [0, 0.1) is 0 Å². The highest BCUT2D eigenvalue weighted by molar-refractivity contribution is 9.09. The lowest BCUT2D eigenvalue weighted by molar-refractivity contribution is 0.147. The van der Waals surface area contributed by atoms with Crippen molar-refractivity contribution in [1.82, 2.24) is 4.57 Å². The number of hydrogen-bond acceptors (Lipinski definition) is 2. The second kappa shape index (κ2) is 5.22. The summed E-state index contributed by atoms with van der Waals surface area (Å²) in [6, 6.07) is 4.70. The minimum Gasteiger partial charge on any atom is -0.408 e. The number of oxazole rings is 1. The van der Waals surface area contributed by atoms with E-state index < -0.39 is 17.0 Å². The molecular formula is C12H12BrF2NO2. The molecule has 0 saturated heterocycles. The number of hydrogen-bond donors (Lipinski definition) is 0. The molecule has 0 fully saturated rings. The summed E-state index contributed by atoms with van der Waals surface area (Å²) in [7, 11) is 0. The largest absolute Gasteiger partial charge is 0.419 e. The van der Waals surface area contributed by atoms with Crippen molar-refractivity contribution < 1.29 is 13.2 Å². The molecule has 1 aromatic heterocycles. The van der Waals surface area contributed by atoms with E-state index in [1.165, 1.54) is 10.6 Å².